The van der Waals surface area contributed by atoms with E-state index in [0.29, 0.717) is 11.6 Å². The van der Waals surface area contributed by atoms with E-state index in [-0.39, 0.29) is 5.69 Å². The Labute approximate surface area is 113 Å². The van der Waals surface area contributed by atoms with Gasteiger partial charge in [-0.1, -0.05) is 26.8 Å². The van der Waals surface area contributed by atoms with Crippen molar-refractivity contribution in [3.05, 3.63) is 33.9 Å². The summed E-state index contributed by atoms with van der Waals surface area (Å²) in [7, 11) is 0. The van der Waals surface area contributed by atoms with Crippen molar-refractivity contribution in [3.63, 3.8) is 0 Å². The van der Waals surface area contributed by atoms with Gasteiger partial charge < -0.3 is 5.43 Å². The third-order valence-electron chi connectivity index (χ3n) is 2.89. The fourth-order valence-electron chi connectivity index (χ4n) is 2.04. The van der Waals surface area contributed by atoms with Crippen LogP contribution in [0.5, 0.6) is 0 Å². The molecule has 1 aromatic carbocycles. The second-order valence-corrected chi connectivity index (χ2v) is 4.97. The first-order valence-corrected chi connectivity index (χ1v) is 6.44. The average Bonchev–Trinajstić information content (AvgIpc) is 2.36. The van der Waals surface area contributed by atoms with E-state index in [0.717, 1.165) is 25.2 Å². The van der Waals surface area contributed by atoms with Crippen LogP contribution >= 0.6 is 0 Å². The van der Waals surface area contributed by atoms with Crippen LogP contribution in [0.2, 0.25) is 0 Å². The Morgan fingerprint density at radius 3 is 2.63 bits per heavy atom. The van der Waals surface area contributed by atoms with Crippen LogP contribution in [0.15, 0.2) is 18.2 Å². The van der Waals surface area contributed by atoms with E-state index in [9.17, 15) is 10.1 Å². The molecule has 0 aliphatic carbocycles. The highest BCUT2D eigenvalue weighted by atomic mass is 16.6. The average molecular weight is 266 g/mol. The number of nitrogen functional groups attached to an aromatic ring is 1. The quantitative estimate of drug-likeness (QED) is 0.449. The van der Waals surface area contributed by atoms with Gasteiger partial charge in [-0.3, -0.25) is 20.9 Å². The molecule has 6 nitrogen and oxygen atoms in total. The van der Waals surface area contributed by atoms with Gasteiger partial charge in [-0.15, -0.1) is 0 Å². The Morgan fingerprint density at radius 2 is 2.16 bits per heavy atom. The lowest BCUT2D eigenvalue weighted by atomic mass is 10.1. The number of rotatable bonds is 7. The first-order chi connectivity index (χ1) is 8.97. The third kappa shape index (κ3) is 4.50. The van der Waals surface area contributed by atoms with Gasteiger partial charge in [-0.05, 0) is 24.1 Å². The topological polar surface area (TPSA) is 84.4 Å². The van der Waals surface area contributed by atoms with Crippen molar-refractivity contribution in [2.45, 2.75) is 27.3 Å². The van der Waals surface area contributed by atoms with Crippen molar-refractivity contribution in [2.24, 2.45) is 11.8 Å². The van der Waals surface area contributed by atoms with Crippen LogP contribution in [-0.2, 0) is 6.54 Å². The predicted molar refractivity (Wildman–Crippen MR) is 76.7 cm³/mol. The molecule has 6 heteroatoms. The zero-order valence-corrected chi connectivity index (χ0v) is 11.7. The van der Waals surface area contributed by atoms with Gasteiger partial charge in [0.1, 0.15) is 5.69 Å². The molecule has 19 heavy (non-hydrogen) atoms. The number of nitrogens with zero attached hydrogens (tertiary/aromatic N) is 2. The van der Waals surface area contributed by atoms with Gasteiger partial charge >= 0.3 is 0 Å². The summed E-state index contributed by atoms with van der Waals surface area (Å²) >= 11 is 0. The van der Waals surface area contributed by atoms with Crippen molar-refractivity contribution in [1.29, 1.82) is 0 Å². The summed E-state index contributed by atoms with van der Waals surface area (Å²) in [5.74, 6) is 5.92. The summed E-state index contributed by atoms with van der Waals surface area (Å²) in [6, 6.07) is 5.01. The Hall–Kier alpha value is -1.66. The van der Waals surface area contributed by atoms with Gasteiger partial charge in [0.15, 0.2) is 0 Å². The van der Waals surface area contributed by atoms with Gasteiger partial charge in [0.05, 0.1) is 4.92 Å². The van der Waals surface area contributed by atoms with E-state index in [1.807, 2.05) is 0 Å². The normalized spacial score (nSPS) is 11.1. The Bertz CT molecular complexity index is 435. The fraction of sp³-hybridized carbons (Fsp3) is 0.538. The lowest BCUT2D eigenvalue weighted by Crippen LogP contribution is -2.27. The molecule has 0 saturated carbocycles. The number of anilines is 1. The van der Waals surface area contributed by atoms with Gasteiger partial charge in [-0.2, -0.15) is 0 Å². The van der Waals surface area contributed by atoms with Crippen LogP contribution in [0.1, 0.15) is 26.3 Å². The molecule has 0 fully saturated rings. The molecule has 1 aromatic rings. The highest BCUT2D eigenvalue weighted by Gasteiger charge is 2.14. The number of hydrogen-bond donors (Lipinski definition) is 2. The SMILES string of the molecule is CCN(Cc1ccc([N+](=O)[O-])c(NN)c1)CC(C)C. The lowest BCUT2D eigenvalue weighted by molar-refractivity contribution is -0.384. The summed E-state index contributed by atoms with van der Waals surface area (Å²) in [5.41, 5.74) is 3.75. The lowest BCUT2D eigenvalue weighted by Gasteiger charge is -2.22. The summed E-state index contributed by atoms with van der Waals surface area (Å²) < 4.78 is 0. The highest BCUT2D eigenvalue weighted by molar-refractivity contribution is 5.62. The molecule has 3 N–H and O–H groups in total. The molecular weight excluding hydrogens is 244 g/mol. The van der Waals surface area contributed by atoms with Crippen LogP contribution in [0.4, 0.5) is 11.4 Å². The molecule has 0 heterocycles. The highest BCUT2D eigenvalue weighted by Crippen LogP contribution is 2.25. The molecule has 106 valence electrons. The first kappa shape index (κ1) is 15.4. The van der Waals surface area contributed by atoms with E-state index in [4.69, 9.17) is 5.84 Å². The zero-order valence-electron chi connectivity index (χ0n) is 11.7. The molecule has 0 aromatic heterocycles. The molecule has 0 spiro atoms. The number of nitrogens with one attached hydrogen (secondary N) is 1. The van der Waals surface area contributed by atoms with Gasteiger partial charge in [0, 0.05) is 19.2 Å². The number of hydrazine groups is 1. The van der Waals surface area contributed by atoms with Gasteiger partial charge in [0.25, 0.3) is 5.69 Å². The van der Waals surface area contributed by atoms with Crippen LogP contribution in [0.3, 0.4) is 0 Å². The van der Waals surface area contributed by atoms with Gasteiger partial charge in [-0.25, -0.2) is 0 Å². The summed E-state index contributed by atoms with van der Waals surface area (Å²) in [6.07, 6.45) is 0. The Morgan fingerprint density at radius 1 is 1.47 bits per heavy atom. The smallest absolute Gasteiger partial charge is 0.293 e. The molecule has 0 unspecified atom stereocenters. The third-order valence-corrected chi connectivity index (χ3v) is 2.89. The predicted octanol–water partition coefficient (Wildman–Crippen LogP) is 2.36. The Kier molecular flexibility index (Phi) is 5.72. The van der Waals surface area contributed by atoms with Crippen LogP contribution in [0.25, 0.3) is 0 Å². The number of nitrogens with two attached hydrogens (primary N) is 1. The van der Waals surface area contributed by atoms with Crippen molar-refractivity contribution in [1.82, 2.24) is 4.90 Å². The van der Waals surface area contributed by atoms with Crippen LogP contribution in [0, 0.1) is 16.0 Å². The Balaban J connectivity index is 2.87. The molecule has 0 aliphatic rings. The van der Waals surface area contributed by atoms with Gasteiger partial charge in [0.2, 0.25) is 0 Å². The number of nitro groups is 1. The second-order valence-electron chi connectivity index (χ2n) is 4.97. The van der Waals surface area contributed by atoms with Crippen LogP contribution < -0.4 is 11.3 Å². The number of benzene rings is 1. The number of hydrogen-bond acceptors (Lipinski definition) is 5. The molecular formula is C13H22N4O2. The minimum atomic E-state index is -0.440. The fourth-order valence-corrected chi connectivity index (χ4v) is 2.04. The van der Waals surface area contributed by atoms with E-state index < -0.39 is 4.92 Å². The van der Waals surface area contributed by atoms with Crippen molar-refractivity contribution in [2.75, 3.05) is 18.5 Å². The standard InChI is InChI=1S/C13H22N4O2/c1-4-16(8-10(2)3)9-11-5-6-13(17(18)19)12(7-11)15-14/h5-7,10,15H,4,8-9,14H2,1-3H3. The second kappa shape index (κ2) is 7.06. The van der Waals surface area contributed by atoms with Crippen molar-refractivity contribution < 1.29 is 4.92 Å². The zero-order chi connectivity index (χ0) is 14.4. The minimum absolute atomic E-state index is 0.00171. The maximum atomic E-state index is 10.8. The van der Waals surface area contributed by atoms with E-state index in [1.165, 1.54) is 6.07 Å². The first-order valence-electron chi connectivity index (χ1n) is 6.44. The van der Waals surface area contributed by atoms with Crippen molar-refractivity contribution >= 4 is 11.4 Å². The van der Waals surface area contributed by atoms with E-state index >= 15 is 0 Å². The maximum absolute atomic E-state index is 10.8. The summed E-state index contributed by atoms with van der Waals surface area (Å²) in [5, 5.41) is 10.8. The molecule has 0 bridgehead atoms. The minimum Gasteiger partial charge on any atom is -0.318 e. The largest absolute Gasteiger partial charge is 0.318 e. The summed E-state index contributed by atoms with van der Waals surface area (Å²) in [6.45, 7) is 9.16. The number of nitro benzene ring substituents is 1. The molecule has 0 atom stereocenters. The molecule has 0 aliphatic heterocycles. The van der Waals surface area contributed by atoms with E-state index in [2.05, 4.69) is 31.1 Å². The maximum Gasteiger partial charge on any atom is 0.293 e. The van der Waals surface area contributed by atoms with Crippen molar-refractivity contribution in [3.8, 4) is 0 Å². The monoisotopic (exact) mass is 266 g/mol. The molecule has 1 rings (SSSR count). The van der Waals surface area contributed by atoms with E-state index in [1.54, 1.807) is 12.1 Å². The van der Waals surface area contributed by atoms with Crippen LogP contribution in [-0.4, -0.2) is 22.9 Å². The molecule has 0 amide bonds. The molecule has 0 saturated heterocycles. The molecule has 0 radical (unpaired) electrons. The summed E-state index contributed by atoms with van der Waals surface area (Å²) in [4.78, 5) is 12.7.